The van der Waals surface area contributed by atoms with Crippen LogP contribution in [-0.4, -0.2) is 22.6 Å². The van der Waals surface area contributed by atoms with E-state index in [0.717, 1.165) is 0 Å². The summed E-state index contributed by atoms with van der Waals surface area (Å²) in [5.41, 5.74) is 4.48. The van der Waals surface area contributed by atoms with Crippen LogP contribution in [0, 0.1) is 5.41 Å². The van der Waals surface area contributed by atoms with Crippen molar-refractivity contribution in [3.63, 3.8) is 0 Å². The summed E-state index contributed by atoms with van der Waals surface area (Å²) in [6, 6.07) is 2.72. The van der Waals surface area contributed by atoms with Crippen molar-refractivity contribution in [1.82, 2.24) is 10.2 Å². The van der Waals surface area contributed by atoms with E-state index in [2.05, 4.69) is 15.5 Å². The SMILES string of the molecule is CC(C)(CN)C(=O)Nc1ccc(=O)[nH]n1. The molecule has 0 unspecified atom stereocenters. The number of carbonyl (C=O) groups excluding carboxylic acids is 1. The van der Waals surface area contributed by atoms with Gasteiger partial charge in [-0.05, 0) is 19.9 Å². The molecule has 0 fully saturated rings. The third kappa shape index (κ3) is 2.88. The summed E-state index contributed by atoms with van der Waals surface area (Å²) in [6.45, 7) is 3.70. The minimum Gasteiger partial charge on any atom is -0.329 e. The molecule has 15 heavy (non-hydrogen) atoms. The maximum Gasteiger partial charge on any atom is 0.264 e. The van der Waals surface area contributed by atoms with Crippen LogP contribution in [0.2, 0.25) is 0 Å². The van der Waals surface area contributed by atoms with E-state index in [4.69, 9.17) is 5.73 Å². The van der Waals surface area contributed by atoms with E-state index >= 15 is 0 Å². The first-order valence-corrected chi connectivity index (χ1v) is 4.53. The number of aromatic nitrogens is 2. The van der Waals surface area contributed by atoms with Crippen molar-refractivity contribution in [3.05, 3.63) is 22.5 Å². The molecule has 82 valence electrons. The van der Waals surface area contributed by atoms with Crippen molar-refractivity contribution in [2.75, 3.05) is 11.9 Å². The van der Waals surface area contributed by atoms with Crippen molar-refractivity contribution in [3.8, 4) is 0 Å². The molecule has 0 aliphatic heterocycles. The zero-order chi connectivity index (χ0) is 11.5. The van der Waals surface area contributed by atoms with Gasteiger partial charge in [0.15, 0.2) is 5.82 Å². The fraction of sp³-hybridized carbons (Fsp3) is 0.444. The Bertz CT molecular complexity index is 390. The van der Waals surface area contributed by atoms with Gasteiger partial charge in [0.05, 0.1) is 5.41 Å². The van der Waals surface area contributed by atoms with Gasteiger partial charge in [-0.2, -0.15) is 5.10 Å². The number of nitrogens with one attached hydrogen (secondary N) is 2. The van der Waals surface area contributed by atoms with Crippen molar-refractivity contribution in [2.24, 2.45) is 11.1 Å². The molecule has 1 amide bonds. The van der Waals surface area contributed by atoms with Gasteiger partial charge in [-0.3, -0.25) is 9.59 Å². The highest BCUT2D eigenvalue weighted by Crippen LogP contribution is 2.14. The van der Waals surface area contributed by atoms with Gasteiger partial charge >= 0.3 is 0 Å². The Hall–Kier alpha value is -1.69. The maximum absolute atomic E-state index is 11.6. The number of nitrogens with two attached hydrogens (primary N) is 1. The van der Waals surface area contributed by atoms with Crippen molar-refractivity contribution in [2.45, 2.75) is 13.8 Å². The molecule has 0 aromatic carbocycles. The van der Waals surface area contributed by atoms with Gasteiger partial charge in [-0.1, -0.05) is 0 Å². The van der Waals surface area contributed by atoms with Crippen LogP contribution in [0.5, 0.6) is 0 Å². The Morgan fingerprint density at radius 3 is 2.73 bits per heavy atom. The van der Waals surface area contributed by atoms with E-state index in [9.17, 15) is 9.59 Å². The van der Waals surface area contributed by atoms with Crippen LogP contribution in [-0.2, 0) is 4.79 Å². The molecule has 6 nitrogen and oxygen atoms in total. The first kappa shape index (κ1) is 11.4. The molecule has 0 radical (unpaired) electrons. The Kier molecular flexibility index (Phi) is 3.21. The average Bonchev–Trinajstić information content (AvgIpc) is 2.21. The monoisotopic (exact) mass is 210 g/mol. The molecule has 0 saturated carbocycles. The molecule has 0 bridgehead atoms. The summed E-state index contributed by atoms with van der Waals surface area (Å²) in [5.74, 6) is 0.0747. The van der Waals surface area contributed by atoms with Gasteiger partial charge in [0.2, 0.25) is 5.91 Å². The number of aromatic amines is 1. The first-order chi connectivity index (χ1) is 6.95. The minimum atomic E-state index is -0.655. The van der Waals surface area contributed by atoms with Crippen LogP contribution in [0.1, 0.15) is 13.8 Å². The number of nitrogens with zero attached hydrogens (tertiary/aromatic N) is 1. The minimum absolute atomic E-state index is 0.232. The smallest absolute Gasteiger partial charge is 0.264 e. The average molecular weight is 210 g/mol. The van der Waals surface area contributed by atoms with Crippen molar-refractivity contribution in [1.29, 1.82) is 0 Å². The van der Waals surface area contributed by atoms with Crippen LogP contribution in [0.4, 0.5) is 5.82 Å². The molecule has 0 aliphatic rings. The Morgan fingerprint density at radius 1 is 1.60 bits per heavy atom. The van der Waals surface area contributed by atoms with Crippen LogP contribution < -0.4 is 16.6 Å². The molecule has 6 heteroatoms. The third-order valence-electron chi connectivity index (χ3n) is 2.05. The van der Waals surface area contributed by atoms with Gasteiger partial charge in [0, 0.05) is 12.6 Å². The quantitative estimate of drug-likeness (QED) is 0.637. The molecule has 1 aromatic heterocycles. The largest absolute Gasteiger partial charge is 0.329 e. The number of carbonyl (C=O) groups is 1. The van der Waals surface area contributed by atoms with Crippen LogP contribution in [0.15, 0.2) is 16.9 Å². The zero-order valence-corrected chi connectivity index (χ0v) is 8.70. The van der Waals surface area contributed by atoms with Gasteiger partial charge in [0.25, 0.3) is 5.56 Å². The molecule has 4 N–H and O–H groups in total. The number of hydrogen-bond donors (Lipinski definition) is 3. The fourth-order valence-corrected chi connectivity index (χ4v) is 0.792. The summed E-state index contributed by atoms with van der Waals surface area (Å²) >= 11 is 0. The van der Waals surface area contributed by atoms with E-state index in [1.807, 2.05) is 0 Å². The lowest BCUT2D eigenvalue weighted by Gasteiger charge is -2.20. The van der Waals surface area contributed by atoms with Crippen molar-refractivity contribution < 1.29 is 4.79 Å². The predicted octanol–water partition coefficient (Wildman–Crippen LogP) is -0.307. The number of amides is 1. The lowest BCUT2D eigenvalue weighted by Crippen LogP contribution is -2.37. The highest BCUT2D eigenvalue weighted by atomic mass is 16.2. The lowest BCUT2D eigenvalue weighted by molar-refractivity contribution is -0.123. The molecule has 1 aromatic rings. The first-order valence-electron chi connectivity index (χ1n) is 4.53. The summed E-state index contributed by atoms with van der Waals surface area (Å²) < 4.78 is 0. The predicted molar refractivity (Wildman–Crippen MR) is 56.3 cm³/mol. The van der Waals surface area contributed by atoms with E-state index in [-0.39, 0.29) is 18.0 Å². The molecule has 1 heterocycles. The standard InChI is InChI=1S/C9H14N4O2/c1-9(2,5-10)8(15)11-6-3-4-7(14)13-12-6/h3-4H,5,10H2,1-2H3,(H,13,14)(H,11,12,15). The normalized spacial score (nSPS) is 11.1. The van der Waals surface area contributed by atoms with E-state index in [1.165, 1.54) is 12.1 Å². The highest BCUT2D eigenvalue weighted by molar-refractivity contribution is 5.94. The lowest BCUT2D eigenvalue weighted by atomic mass is 9.93. The summed E-state index contributed by atoms with van der Waals surface area (Å²) in [6.07, 6.45) is 0. The second kappa shape index (κ2) is 4.22. The van der Waals surface area contributed by atoms with Crippen molar-refractivity contribution >= 4 is 11.7 Å². The molecule has 0 aliphatic carbocycles. The third-order valence-corrected chi connectivity index (χ3v) is 2.05. The Morgan fingerprint density at radius 2 is 2.27 bits per heavy atom. The summed E-state index contributed by atoms with van der Waals surface area (Å²) in [4.78, 5) is 22.3. The van der Waals surface area contributed by atoms with E-state index in [1.54, 1.807) is 13.8 Å². The Labute approximate surface area is 86.9 Å². The summed E-state index contributed by atoms with van der Waals surface area (Å²) in [5, 5.41) is 8.44. The van der Waals surface area contributed by atoms with E-state index < -0.39 is 5.41 Å². The second-order valence-electron chi connectivity index (χ2n) is 3.85. The van der Waals surface area contributed by atoms with Gasteiger partial charge in [0.1, 0.15) is 0 Å². The number of hydrogen-bond acceptors (Lipinski definition) is 4. The van der Waals surface area contributed by atoms with Gasteiger partial charge in [-0.15, -0.1) is 0 Å². The number of H-pyrrole nitrogens is 1. The Balaban J connectivity index is 2.75. The van der Waals surface area contributed by atoms with Crippen LogP contribution in [0.25, 0.3) is 0 Å². The van der Waals surface area contributed by atoms with Gasteiger partial charge < -0.3 is 11.1 Å². The maximum atomic E-state index is 11.6. The zero-order valence-electron chi connectivity index (χ0n) is 8.70. The molecule has 1 rings (SSSR count). The summed E-state index contributed by atoms with van der Waals surface area (Å²) in [7, 11) is 0. The molecular weight excluding hydrogens is 196 g/mol. The van der Waals surface area contributed by atoms with Crippen LogP contribution >= 0.6 is 0 Å². The van der Waals surface area contributed by atoms with Crippen LogP contribution in [0.3, 0.4) is 0 Å². The second-order valence-corrected chi connectivity index (χ2v) is 3.85. The highest BCUT2D eigenvalue weighted by Gasteiger charge is 2.25. The number of rotatable bonds is 3. The fourth-order valence-electron chi connectivity index (χ4n) is 0.792. The molecule has 0 saturated heterocycles. The molecule has 0 spiro atoms. The topological polar surface area (TPSA) is 101 Å². The van der Waals surface area contributed by atoms with Gasteiger partial charge in [-0.25, -0.2) is 5.10 Å². The number of anilines is 1. The van der Waals surface area contributed by atoms with E-state index in [0.29, 0.717) is 5.82 Å². The molecule has 0 atom stereocenters. The molecular formula is C9H14N4O2.